The summed E-state index contributed by atoms with van der Waals surface area (Å²) in [6.07, 6.45) is 4.70. The molecule has 0 unspecified atom stereocenters. The summed E-state index contributed by atoms with van der Waals surface area (Å²) in [5.74, 6) is -0.955. The van der Waals surface area contributed by atoms with Crippen LogP contribution in [0.3, 0.4) is 0 Å². The number of carboxylic acid groups (broad SMARTS) is 1. The fourth-order valence-corrected chi connectivity index (χ4v) is 8.74. The Bertz CT molecular complexity index is 1400. The van der Waals surface area contributed by atoms with Crippen molar-refractivity contribution in [3.05, 3.63) is 56.8 Å². The Morgan fingerprint density at radius 3 is 2.10 bits per heavy atom. The summed E-state index contributed by atoms with van der Waals surface area (Å²) >= 11 is 5.30. The number of nitrogens with two attached hydrogens (primary N) is 1. The molecule has 0 spiro atoms. The second-order valence-corrected chi connectivity index (χ2v) is 14.4. The van der Waals surface area contributed by atoms with Gasteiger partial charge in [0, 0.05) is 54.4 Å². The molecule has 0 aromatic carbocycles. The van der Waals surface area contributed by atoms with Crippen LogP contribution in [0.1, 0.15) is 73.4 Å². The predicted octanol–water partition coefficient (Wildman–Crippen LogP) is 6.61. The van der Waals surface area contributed by atoms with Crippen LogP contribution in [0.15, 0.2) is 30.4 Å². The van der Waals surface area contributed by atoms with Crippen LogP contribution in [0.2, 0.25) is 0 Å². The van der Waals surface area contributed by atoms with Gasteiger partial charge in [0.2, 0.25) is 0 Å². The maximum Gasteiger partial charge on any atom is 0.303 e. The van der Waals surface area contributed by atoms with Crippen LogP contribution in [0.25, 0.3) is 19.5 Å². The van der Waals surface area contributed by atoms with Crippen molar-refractivity contribution in [1.29, 1.82) is 0 Å². The Morgan fingerprint density at radius 1 is 0.897 bits per heavy atom. The number of thiophene rings is 3. The molecule has 1 aliphatic heterocycles. The van der Waals surface area contributed by atoms with Crippen molar-refractivity contribution in [1.82, 2.24) is 4.90 Å². The summed E-state index contributed by atoms with van der Waals surface area (Å²) in [7, 11) is 0. The second kappa shape index (κ2) is 11.9. The van der Waals surface area contributed by atoms with Crippen LogP contribution in [0, 0.1) is 0 Å². The summed E-state index contributed by atoms with van der Waals surface area (Å²) in [6.45, 7) is 11.8. The Morgan fingerprint density at radius 2 is 1.51 bits per heavy atom. The lowest BCUT2D eigenvalue weighted by Gasteiger charge is -2.18. The largest absolute Gasteiger partial charge is 0.481 e. The van der Waals surface area contributed by atoms with Gasteiger partial charge in [-0.15, -0.1) is 34.0 Å². The third-order valence-corrected chi connectivity index (χ3v) is 11.3. The molecule has 4 heterocycles. The Kier molecular flexibility index (Phi) is 8.95. The van der Waals surface area contributed by atoms with Crippen molar-refractivity contribution < 1.29 is 19.5 Å². The van der Waals surface area contributed by atoms with Gasteiger partial charge < -0.3 is 10.8 Å². The number of carbonyl (C=O) groups is 3. The average Bonchev–Trinajstić information content (AvgIpc) is 3.62. The van der Waals surface area contributed by atoms with E-state index < -0.39 is 5.97 Å². The molecule has 3 aromatic heterocycles. The molecule has 0 saturated heterocycles. The lowest BCUT2D eigenvalue weighted by molar-refractivity contribution is -0.138. The zero-order valence-corrected chi connectivity index (χ0v) is 25.6. The van der Waals surface area contributed by atoms with Crippen LogP contribution in [0.4, 0.5) is 0 Å². The molecule has 208 valence electrons. The quantitative estimate of drug-likeness (QED) is 0.247. The number of amides is 2. The highest BCUT2D eigenvalue weighted by Gasteiger charge is 2.26. The molecule has 0 atom stereocenters. The van der Waals surface area contributed by atoms with E-state index in [0.717, 1.165) is 16.9 Å². The average molecular weight is 585 g/mol. The standard InChI is InChI=1S/C30H36N2O4S3/c1-17(2)27-19(11-13-32-24(33)7-8-25(32)34)15-23(38-27)28-18(10-12-31)14-21(37-28)22-16-20(6-9-26(35)36)29(39-22)30(3,4)5/h7-8,14-17H,6,9-13,31H2,1-5H3,(H,35,36). The van der Waals surface area contributed by atoms with Gasteiger partial charge in [-0.1, -0.05) is 34.6 Å². The van der Waals surface area contributed by atoms with Crippen LogP contribution in [-0.2, 0) is 39.1 Å². The van der Waals surface area contributed by atoms with Gasteiger partial charge in [0.1, 0.15) is 0 Å². The highest BCUT2D eigenvalue weighted by atomic mass is 32.1. The fourth-order valence-electron chi connectivity index (χ4n) is 4.83. The van der Waals surface area contributed by atoms with Crippen LogP contribution < -0.4 is 5.73 Å². The molecule has 3 aromatic rings. The van der Waals surface area contributed by atoms with E-state index in [2.05, 4.69) is 52.8 Å². The number of hydrogen-bond acceptors (Lipinski definition) is 7. The molecule has 0 bridgehead atoms. The topological polar surface area (TPSA) is 101 Å². The SMILES string of the molecule is CC(C)c1sc(-c2sc(-c3cc(CCC(=O)O)c(C(C)(C)C)s3)cc2CCN)cc1CCN1C(=O)C=CC1=O. The molecule has 0 aliphatic carbocycles. The van der Waals surface area contributed by atoms with Crippen LogP contribution in [-0.4, -0.2) is 40.9 Å². The van der Waals surface area contributed by atoms with E-state index in [1.165, 1.54) is 52.6 Å². The van der Waals surface area contributed by atoms with E-state index in [4.69, 9.17) is 5.73 Å². The van der Waals surface area contributed by atoms with Crippen molar-refractivity contribution in [3.63, 3.8) is 0 Å². The molecule has 1 aliphatic rings. The second-order valence-electron chi connectivity index (χ2n) is 11.2. The monoisotopic (exact) mass is 584 g/mol. The van der Waals surface area contributed by atoms with E-state index in [-0.39, 0.29) is 23.7 Å². The molecule has 0 saturated carbocycles. The minimum atomic E-state index is -0.782. The number of carboxylic acids is 1. The highest BCUT2D eigenvalue weighted by Crippen LogP contribution is 2.47. The van der Waals surface area contributed by atoms with E-state index >= 15 is 0 Å². The van der Waals surface area contributed by atoms with Gasteiger partial charge in [0.25, 0.3) is 11.8 Å². The number of carbonyl (C=O) groups excluding carboxylic acids is 2. The first-order valence-corrected chi connectivity index (χ1v) is 15.7. The van der Waals surface area contributed by atoms with Crippen molar-refractivity contribution >= 4 is 51.8 Å². The first-order chi connectivity index (χ1) is 18.4. The van der Waals surface area contributed by atoms with Gasteiger partial charge in [-0.3, -0.25) is 19.3 Å². The smallest absolute Gasteiger partial charge is 0.303 e. The molecule has 0 radical (unpaired) electrons. The summed E-state index contributed by atoms with van der Waals surface area (Å²) < 4.78 is 0. The Labute approximate surface area is 242 Å². The van der Waals surface area contributed by atoms with Crippen molar-refractivity contribution in [2.45, 2.75) is 71.6 Å². The first kappa shape index (κ1) is 29.4. The van der Waals surface area contributed by atoms with E-state index in [1.54, 1.807) is 34.0 Å². The lowest BCUT2D eigenvalue weighted by Crippen LogP contribution is -2.31. The van der Waals surface area contributed by atoms with Gasteiger partial charge in [-0.05, 0) is 72.0 Å². The predicted molar refractivity (Wildman–Crippen MR) is 162 cm³/mol. The maximum absolute atomic E-state index is 12.1. The number of aliphatic carboxylic acids is 1. The van der Waals surface area contributed by atoms with Crippen molar-refractivity contribution in [2.75, 3.05) is 13.1 Å². The zero-order chi connectivity index (χ0) is 28.5. The highest BCUT2D eigenvalue weighted by molar-refractivity contribution is 7.26. The molecule has 0 fully saturated rings. The number of aryl methyl sites for hydroxylation is 1. The summed E-state index contributed by atoms with van der Waals surface area (Å²) in [5, 5.41) is 9.26. The van der Waals surface area contributed by atoms with E-state index in [1.807, 2.05) is 0 Å². The number of nitrogens with zero attached hydrogens (tertiary/aromatic N) is 1. The van der Waals surface area contributed by atoms with Gasteiger partial charge in [-0.25, -0.2) is 0 Å². The van der Waals surface area contributed by atoms with Crippen LogP contribution in [0.5, 0.6) is 0 Å². The Balaban J connectivity index is 1.69. The fraction of sp³-hybridized carbons (Fsp3) is 0.433. The van der Waals surface area contributed by atoms with Gasteiger partial charge in [0.15, 0.2) is 0 Å². The first-order valence-electron chi connectivity index (χ1n) is 13.2. The molecular formula is C30H36N2O4S3. The molecule has 2 amide bonds. The van der Waals surface area contributed by atoms with Crippen molar-refractivity contribution in [2.24, 2.45) is 5.73 Å². The van der Waals surface area contributed by atoms with Crippen molar-refractivity contribution in [3.8, 4) is 19.5 Å². The normalized spacial score (nSPS) is 13.9. The van der Waals surface area contributed by atoms with Gasteiger partial charge in [0.05, 0.1) is 0 Å². The summed E-state index contributed by atoms with van der Waals surface area (Å²) in [6, 6.07) is 6.64. The molecule has 39 heavy (non-hydrogen) atoms. The van der Waals surface area contributed by atoms with E-state index in [0.29, 0.717) is 31.8 Å². The minimum Gasteiger partial charge on any atom is -0.481 e. The molecule has 6 nitrogen and oxygen atoms in total. The molecule has 3 N–H and O–H groups in total. The summed E-state index contributed by atoms with van der Waals surface area (Å²) in [4.78, 5) is 43.9. The number of rotatable bonds is 11. The lowest BCUT2D eigenvalue weighted by atomic mass is 9.90. The minimum absolute atomic E-state index is 0.0701. The molecule has 4 rings (SSSR count). The maximum atomic E-state index is 12.1. The number of imide groups is 1. The van der Waals surface area contributed by atoms with Crippen LogP contribution >= 0.6 is 34.0 Å². The van der Waals surface area contributed by atoms with Gasteiger partial charge >= 0.3 is 5.97 Å². The Hall–Kier alpha value is -2.59. The third-order valence-electron chi connectivity index (χ3n) is 6.66. The zero-order valence-electron chi connectivity index (χ0n) is 23.1. The van der Waals surface area contributed by atoms with E-state index in [9.17, 15) is 19.5 Å². The molecular weight excluding hydrogens is 549 g/mol. The van der Waals surface area contributed by atoms with Gasteiger partial charge in [-0.2, -0.15) is 0 Å². The summed E-state index contributed by atoms with van der Waals surface area (Å²) in [5.41, 5.74) is 9.45. The molecule has 9 heteroatoms. The third kappa shape index (κ3) is 6.60. The number of hydrogen-bond donors (Lipinski definition) is 2.